The van der Waals surface area contributed by atoms with Gasteiger partial charge in [-0.25, -0.2) is 0 Å². The van der Waals surface area contributed by atoms with Crippen molar-refractivity contribution in [3.63, 3.8) is 0 Å². The van der Waals surface area contributed by atoms with Crippen LogP contribution in [0.4, 0.5) is 0 Å². The maximum absolute atomic E-state index is 11.9. The lowest BCUT2D eigenvalue weighted by Crippen LogP contribution is -2.02. The number of benzene rings is 4. The van der Waals surface area contributed by atoms with Gasteiger partial charge in [0.1, 0.15) is 31.3 Å². The molecule has 0 amide bonds. The van der Waals surface area contributed by atoms with Crippen LogP contribution < -0.4 is 18.9 Å². The highest BCUT2D eigenvalue weighted by molar-refractivity contribution is 6.31. The molecule has 0 saturated carbocycles. The average molecular weight is 503 g/mol. The van der Waals surface area contributed by atoms with E-state index in [2.05, 4.69) is 0 Å². The lowest BCUT2D eigenvalue weighted by molar-refractivity contribution is 0.101. The van der Waals surface area contributed by atoms with Crippen molar-refractivity contribution in [2.24, 2.45) is 0 Å². The van der Waals surface area contributed by atoms with Gasteiger partial charge in [-0.2, -0.15) is 0 Å². The molecule has 0 aromatic heterocycles. The largest absolute Gasteiger partial charge is 0.493 e. The number of rotatable bonds is 11. The molecular weight excluding hydrogens is 476 g/mol. The number of carbonyl (C=O) groups excluding carboxylic acids is 1. The molecule has 0 unspecified atom stereocenters. The Morgan fingerprint density at radius 1 is 0.667 bits per heavy atom. The summed E-state index contributed by atoms with van der Waals surface area (Å²) in [5, 5.41) is 0.495. The second-order valence-electron chi connectivity index (χ2n) is 8.18. The molecule has 4 rings (SSSR count). The normalized spacial score (nSPS) is 10.5. The van der Waals surface area contributed by atoms with Crippen LogP contribution in [0.5, 0.6) is 23.0 Å². The number of hydrogen-bond donors (Lipinski definition) is 0. The summed E-state index contributed by atoms with van der Waals surface area (Å²) in [6, 6.07) is 28.4. The van der Waals surface area contributed by atoms with Gasteiger partial charge in [0, 0.05) is 5.02 Å². The highest BCUT2D eigenvalue weighted by atomic mass is 35.5. The Morgan fingerprint density at radius 2 is 1.33 bits per heavy atom. The highest BCUT2D eigenvalue weighted by Crippen LogP contribution is 2.30. The van der Waals surface area contributed by atoms with Crippen LogP contribution in [-0.4, -0.2) is 12.9 Å². The third-order valence-corrected chi connectivity index (χ3v) is 5.72. The van der Waals surface area contributed by atoms with Gasteiger partial charge >= 0.3 is 0 Å². The van der Waals surface area contributed by atoms with Gasteiger partial charge in [-0.1, -0.05) is 60.1 Å². The number of ketones is 1. The van der Waals surface area contributed by atoms with E-state index in [1.807, 2.05) is 72.8 Å². The van der Waals surface area contributed by atoms with Crippen molar-refractivity contribution < 1.29 is 23.7 Å². The Balaban J connectivity index is 1.38. The number of hydrogen-bond acceptors (Lipinski definition) is 5. The molecule has 184 valence electrons. The summed E-state index contributed by atoms with van der Waals surface area (Å²) in [6.07, 6.45) is 0. The van der Waals surface area contributed by atoms with Crippen LogP contribution in [0.3, 0.4) is 0 Å². The molecule has 0 saturated heterocycles. The van der Waals surface area contributed by atoms with Crippen LogP contribution in [0.2, 0.25) is 5.02 Å². The van der Waals surface area contributed by atoms with E-state index in [1.54, 1.807) is 25.3 Å². The van der Waals surface area contributed by atoms with Gasteiger partial charge in [-0.15, -0.1) is 0 Å². The van der Waals surface area contributed by atoms with Crippen molar-refractivity contribution in [3.8, 4) is 23.0 Å². The number of Topliss-reactive ketones (excluding diaryl/α,β-unsaturated/α-hetero) is 1. The van der Waals surface area contributed by atoms with Gasteiger partial charge in [0.05, 0.1) is 12.7 Å². The molecule has 4 aromatic rings. The predicted molar refractivity (Wildman–Crippen MR) is 140 cm³/mol. The molecule has 0 fully saturated rings. The second-order valence-corrected chi connectivity index (χ2v) is 8.62. The quantitative estimate of drug-likeness (QED) is 0.201. The zero-order valence-electron chi connectivity index (χ0n) is 20.2. The van der Waals surface area contributed by atoms with Gasteiger partial charge in [0.2, 0.25) is 0 Å². The second kappa shape index (κ2) is 12.1. The van der Waals surface area contributed by atoms with Crippen LogP contribution in [0.1, 0.15) is 34.0 Å². The Kier molecular flexibility index (Phi) is 8.48. The molecule has 0 aliphatic carbocycles. The minimum Gasteiger partial charge on any atom is -0.493 e. The molecule has 0 atom stereocenters. The minimum absolute atomic E-state index is 0.101. The van der Waals surface area contributed by atoms with Gasteiger partial charge in [0.25, 0.3) is 0 Å². The lowest BCUT2D eigenvalue weighted by atomic mass is 10.1. The standard InChI is InChI=1S/C30H27ClO5/c1-21(32)27-17-25(31)12-14-28(27)35-20-23-9-6-10-26(15-23)34-19-24-11-13-29(33-2)30(16-24)36-18-22-7-4-3-5-8-22/h3-17H,18-20H2,1-2H3. The monoisotopic (exact) mass is 502 g/mol. The highest BCUT2D eigenvalue weighted by Gasteiger charge is 2.11. The van der Waals surface area contributed by atoms with Crippen LogP contribution in [0, 0.1) is 0 Å². The molecule has 36 heavy (non-hydrogen) atoms. The lowest BCUT2D eigenvalue weighted by Gasteiger charge is -2.14. The zero-order chi connectivity index (χ0) is 25.3. The van der Waals surface area contributed by atoms with Crippen molar-refractivity contribution in [1.82, 2.24) is 0 Å². The summed E-state index contributed by atoms with van der Waals surface area (Å²) in [7, 11) is 1.62. The summed E-state index contributed by atoms with van der Waals surface area (Å²) < 4.78 is 23.4. The van der Waals surface area contributed by atoms with Crippen molar-refractivity contribution >= 4 is 17.4 Å². The Hall–Kier alpha value is -3.96. The Labute approximate surface area is 216 Å². The third kappa shape index (κ3) is 6.80. The van der Waals surface area contributed by atoms with E-state index in [9.17, 15) is 4.79 Å². The maximum Gasteiger partial charge on any atom is 0.163 e. The molecule has 0 aliphatic rings. The topological polar surface area (TPSA) is 54.0 Å². The molecule has 6 heteroatoms. The fraction of sp³-hybridized carbons (Fsp3) is 0.167. The predicted octanol–water partition coefficient (Wildman–Crippen LogP) is 7.29. The summed E-state index contributed by atoms with van der Waals surface area (Å²) >= 11 is 6.02. The SMILES string of the molecule is COc1ccc(COc2cccc(COc3ccc(Cl)cc3C(C)=O)c2)cc1OCc1ccccc1. The van der Waals surface area contributed by atoms with E-state index in [1.165, 1.54) is 6.92 Å². The zero-order valence-corrected chi connectivity index (χ0v) is 21.0. The molecule has 0 N–H and O–H groups in total. The van der Waals surface area contributed by atoms with E-state index in [0.29, 0.717) is 53.4 Å². The van der Waals surface area contributed by atoms with Gasteiger partial charge in [-0.3, -0.25) is 4.79 Å². The average Bonchev–Trinajstić information content (AvgIpc) is 2.90. The van der Waals surface area contributed by atoms with E-state index in [-0.39, 0.29) is 5.78 Å². The molecule has 0 radical (unpaired) electrons. The molecule has 5 nitrogen and oxygen atoms in total. The van der Waals surface area contributed by atoms with Gasteiger partial charge < -0.3 is 18.9 Å². The smallest absolute Gasteiger partial charge is 0.163 e. The number of ether oxygens (including phenoxy) is 4. The first-order chi connectivity index (χ1) is 17.5. The first-order valence-corrected chi connectivity index (χ1v) is 11.9. The van der Waals surface area contributed by atoms with Crippen molar-refractivity contribution in [2.75, 3.05) is 7.11 Å². The van der Waals surface area contributed by atoms with Crippen LogP contribution in [0.15, 0.2) is 91.0 Å². The molecule has 0 spiro atoms. The van der Waals surface area contributed by atoms with E-state index in [0.717, 1.165) is 16.7 Å². The van der Waals surface area contributed by atoms with Crippen molar-refractivity contribution in [2.45, 2.75) is 26.7 Å². The number of halogens is 1. The Bertz CT molecular complexity index is 1320. The van der Waals surface area contributed by atoms with Crippen LogP contribution in [0.25, 0.3) is 0 Å². The summed E-state index contributed by atoms with van der Waals surface area (Å²) in [5.41, 5.74) is 3.40. The summed E-state index contributed by atoms with van der Waals surface area (Å²) in [5.74, 6) is 2.44. The first kappa shape index (κ1) is 25.1. The van der Waals surface area contributed by atoms with E-state index < -0.39 is 0 Å². The van der Waals surface area contributed by atoms with E-state index in [4.69, 9.17) is 30.5 Å². The first-order valence-electron chi connectivity index (χ1n) is 11.5. The maximum atomic E-state index is 11.9. The molecular formula is C30H27ClO5. The minimum atomic E-state index is -0.101. The van der Waals surface area contributed by atoms with Crippen molar-refractivity contribution in [1.29, 1.82) is 0 Å². The molecule has 0 heterocycles. The van der Waals surface area contributed by atoms with Crippen molar-refractivity contribution in [3.05, 3.63) is 118 Å². The fourth-order valence-corrected chi connectivity index (χ4v) is 3.79. The molecule has 4 aromatic carbocycles. The van der Waals surface area contributed by atoms with Gasteiger partial charge in [-0.05, 0) is 66.1 Å². The number of carbonyl (C=O) groups is 1. The van der Waals surface area contributed by atoms with Crippen LogP contribution in [-0.2, 0) is 19.8 Å². The molecule has 0 bridgehead atoms. The Morgan fingerprint density at radius 3 is 2.11 bits per heavy atom. The summed E-state index contributed by atoms with van der Waals surface area (Å²) in [6.45, 7) is 2.59. The van der Waals surface area contributed by atoms with Crippen LogP contribution >= 0.6 is 11.6 Å². The third-order valence-electron chi connectivity index (χ3n) is 5.48. The fourth-order valence-electron chi connectivity index (χ4n) is 3.62. The summed E-state index contributed by atoms with van der Waals surface area (Å²) in [4.78, 5) is 11.9. The number of methoxy groups -OCH3 is 1. The van der Waals surface area contributed by atoms with Gasteiger partial charge in [0.15, 0.2) is 17.3 Å². The van der Waals surface area contributed by atoms with E-state index >= 15 is 0 Å². The molecule has 0 aliphatic heterocycles.